The summed E-state index contributed by atoms with van der Waals surface area (Å²) in [6.07, 6.45) is -1.09. The van der Waals surface area contributed by atoms with Gasteiger partial charge in [-0.05, 0) is 10.3 Å². The van der Waals surface area contributed by atoms with E-state index in [9.17, 15) is 10.0 Å². The maximum atomic E-state index is 11.1. The zero-order valence-corrected chi connectivity index (χ0v) is 11.2. The summed E-state index contributed by atoms with van der Waals surface area (Å²) < 4.78 is 8.81. The van der Waals surface area contributed by atoms with Crippen molar-refractivity contribution < 1.29 is 19.1 Å². The van der Waals surface area contributed by atoms with Crippen molar-refractivity contribution in [2.45, 2.75) is 27.3 Å². The minimum atomic E-state index is -1.09. The first-order valence-corrected chi connectivity index (χ1v) is 5.06. The summed E-state index contributed by atoms with van der Waals surface area (Å²) in [5.74, 6) is -0.334. The molecule has 0 saturated heterocycles. The zero-order chi connectivity index (χ0) is 13.1. The highest BCUT2D eigenvalue weighted by molar-refractivity contribution is 5.85. The molecule has 8 nitrogen and oxygen atoms in total. The fraction of sp³-hybridized carbons (Fsp3) is 0.667. The number of nitrogens with two attached hydrogens (primary N) is 1. The summed E-state index contributed by atoms with van der Waals surface area (Å²) >= 11 is 0. The Morgan fingerprint density at radius 2 is 2.22 bits per heavy atom. The molecule has 9 heteroatoms. The first-order valence-electron chi connectivity index (χ1n) is 5.06. The van der Waals surface area contributed by atoms with Gasteiger partial charge in [0.05, 0.1) is 6.54 Å². The van der Waals surface area contributed by atoms with Gasteiger partial charge in [0, 0.05) is 11.7 Å². The second-order valence-electron chi connectivity index (χ2n) is 4.77. The average Bonchev–Trinajstić information content (AvgIpc) is 2.47. The predicted octanol–water partition coefficient (Wildman–Crippen LogP) is 0.323. The number of aromatic nitrogens is 2. The van der Waals surface area contributed by atoms with Crippen LogP contribution in [-0.2, 0) is 6.54 Å². The third-order valence-electron chi connectivity index (χ3n) is 1.78. The molecule has 104 valence electrons. The molecule has 0 aliphatic heterocycles. The molecule has 0 radical (unpaired) electrons. The number of amides is 1. The van der Waals surface area contributed by atoms with Crippen LogP contribution in [0.4, 0.5) is 4.79 Å². The van der Waals surface area contributed by atoms with Crippen LogP contribution in [0.5, 0.6) is 5.88 Å². The van der Waals surface area contributed by atoms with Gasteiger partial charge in [-0.3, -0.25) is 4.63 Å². The number of hydrogen-bond donors (Lipinski definition) is 2. The van der Waals surface area contributed by atoms with E-state index in [1.807, 2.05) is 0 Å². The van der Waals surface area contributed by atoms with E-state index in [4.69, 9.17) is 5.73 Å². The van der Waals surface area contributed by atoms with Crippen LogP contribution in [0.25, 0.3) is 0 Å². The Morgan fingerprint density at radius 1 is 1.61 bits per heavy atom. The van der Waals surface area contributed by atoms with Gasteiger partial charge in [-0.2, -0.15) is 0 Å². The summed E-state index contributed by atoms with van der Waals surface area (Å²) in [7, 11) is 0. The van der Waals surface area contributed by atoms with Gasteiger partial charge in [0.1, 0.15) is 0 Å². The quantitative estimate of drug-likeness (QED) is 0.767. The zero-order valence-electron chi connectivity index (χ0n) is 10.4. The Hall–Kier alpha value is -1.54. The molecule has 0 atom stereocenters. The first kappa shape index (κ1) is 16.5. The maximum Gasteiger partial charge on any atom is 0.412 e. The van der Waals surface area contributed by atoms with E-state index in [0.29, 0.717) is 6.54 Å². The molecule has 1 amide bonds. The third kappa shape index (κ3) is 5.19. The van der Waals surface area contributed by atoms with Gasteiger partial charge in [0.15, 0.2) is 0 Å². The Kier molecular flexibility index (Phi) is 5.86. The normalized spacial score (nSPS) is 10.8. The van der Waals surface area contributed by atoms with Crippen molar-refractivity contribution in [3.63, 3.8) is 0 Å². The second-order valence-corrected chi connectivity index (χ2v) is 4.77. The van der Waals surface area contributed by atoms with Crippen LogP contribution in [0.2, 0.25) is 0 Å². The van der Waals surface area contributed by atoms with Crippen molar-refractivity contribution >= 4 is 18.5 Å². The Bertz CT molecular complexity index is 402. The van der Waals surface area contributed by atoms with Crippen LogP contribution in [0, 0.1) is 10.6 Å². The van der Waals surface area contributed by atoms with Gasteiger partial charge >= 0.3 is 12.0 Å². The highest BCUT2D eigenvalue weighted by Crippen LogP contribution is 2.13. The number of nitrogens with zero attached hydrogens (tertiary/aromatic N) is 2. The largest absolute Gasteiger partial charge is 0.412 e. The fourth-order valence-electron chi connectivity index (χ4n) is 1.12. The average molecular weight is 281 g/mol. The topological polar surface area (TPSA) is 117 Å². The number of nitrogens with one attached hydrogen (secondary N) is 1. The molecule has 0 fully saturated rings. The first-order chi connectivity index (χ1) is 7.79. The van der Waals surface area contributed by atoms with Gasteiger partial charge in [-0.25, -0.2) is 4.79 Å². The molecule has 0 aliphatic carbocycles. The Morgan fingerprint density at radius 3 is 2.72 bits per heavy atom. The summed E-state index contributed by atoms with van der Waals surface area (Å²) in [6, 6.07) is 0. The van der Waals surface area contributed by atoms with Crippen LogP contribution < -0.4 is 20.7 Å². The molecule has 18 heavy (non-hydrogen) atoms. The van der Waals surface area contributed by atoms with Crippen molar-refractivity contribution in [3.05, 3.63) is 10.9 Å². The molecule has 1 aromatic rings. The molecule has 1 rings (SSSR count). The third-order valence-corrected chi connectivity index (χ3v) is 1.78. The predicted molar refractivity (Wildman–Crippen MR) is 64.1 cm³/mol. The van der Waals surface area contributed by atoms with E-state index < -0.39 is 6.09 Å². The molecule has 3 N–H and O–H groups in total. The summed E-state index contributed by atoms with van der Waals surface area (Å²) in [4.78, 5) is 10.6. The number of carbonyl (C=O) groups excluding carboxylic acids is 1. The van der Waals surface area contributed by atoms with Crippen LogP contribution >= 0.6 is 12.4 Å². The number of carbonyl (C=O) groups is 1. The number of hydrogen-bond acceptors (Lipinski definition) is 6. The monoisotopic (exact) mass is 280 g/mol. The Balaban J connectivity index is 0.00000289. The highest BCUT2D eigenvalue weighted by Gasteiger charge is 2.23. The standard InChI is InChI=1S/C9H16N4O4.ClH/c1-9(2,3)5-11-4-6-7(16-8(10)14)13(15)17-12-6;/h11H,4-5H2,1-3H3,(H2,10,14);1H. The number of halogens is 1. The minimum absolute atomic E-state index is 0. The van der Waals surface area contributed by atoms with E-state index in [1.165, 1.54) is 0 Å². The fourth-order valence-corrected chi connectivity index (χ4v) is 1.12. The SMILES string of the molecule is CC(C)(C)CNCc1no[n+]([O-])c1OC(N)=O.Cl. The van der Waals surface area contributed by atoms with Crippen LogP contribution in [0.15, 0.2) is 4.63 Å². The minimum Gasteiger partial charge on any atom is -0.367 e. The maximum absolute atomic E-state index is 11.1. The second kappa shape index (κ2) is 6.41. The number of primary amides is 1. The molecule has 0 spiro atoms. The van der Waals surface area contributed by atoms with E-state index in [2.05, 4.69) is 40.6 Å². The molecule has 0 aromatic carbocycles. The molecule has 1 aromatic heterocycles. The van der Waals surface area contributed by atoms with Crippen molar-refractivity contribution in [2.75, 3.05) is 6.54 Å². The summed E-state index contributed by atoms with van der Waals surface area (Å²) in [6.45, 7) is 7.11. The van der Waals surface area contributed by atoms with Crippen molar-refractivity contribution in [1.29, 1.82) is 0 Å². The van der Waals surface area contributed by atoms with E-state index in [-0.39, 0.29) is 40.8 Å². The number of rotatable bonds is 4. The molecule has 0 aliphatic rings. The summed E-state index contributed by atoms with van der Waals surface area (Å²) in [5, 5.41) is 17.6. The molecule has 0 saturated carbocycles. The van der Waals surface area contributed by atoms with Crippen molar-refractivity contribution in [3.8, 4) is 5.88 Å². The van der Waals surface area contributed by atoms with E-state index in [1.54, 1.807) is 0 Å². The van der Waals surface area contributed by atoms with Gasteiger partial charge in [0.25, 0.3) is 5.69 Å². The van der Waals surface area contributed by atoms with Gasteiger partial charge in [0.2, 0.25) is 0 Å². The van der Waals surface area contributed by atoms with Gasteiger partial charge < -0.3 is 21.0 Å². The lowest BCUT2D eigenvalue weighted by Crippen LogP contribution is -2.31. The molecule has 0 bridgehead atoms. The van der Waals surface area contributed by atoms with Gasteiger partial charge in [-0.15, -0.1) is 12.4 Å². The van der Waals surface area contributed by atoms with Crippen LogP contribution in [-0.4, -0.2) is 17.8 Å². The Labute approximate surface area is 110 Å². The van der Waals surface area contributed by atoms with E-state index >= 15 is 0 Å². The smallest absolute Gasteiger partial charge is 0.367 e. The van der Waals surface area contributed by atoms with Crippen LogP contribution in [0.3, 0.4) is 0 Å². The van der Waals surface area contributed by atoms with Crippen molar-refractivity contribution in [2.24, 2.45) is 11.1 Å². The molecular formula is C9H17ClN4O4. The summed E-state index contributed by atoms with van der Waals surface area (Å²) in [5.41, 5.74) is 5.10. The lowest BCUT2D eigenvalue weighted by Gasteiger charge is -2.17. The van der Waals surface area contributed by atoms with Crippen molar-refractivity contribution in [1.82, 2.24) is 10.5 Å². The van der Waals surface area contributed by atoms with E-state index in [0.717, 1.165) is 0 Å². The molecular weight excluding hydrogens is 264 g/mol. The lowest BCUT2D eigenvalue weighted by molar-refractivity contribution is -0.804. The van der Waals surface area contributed by atoms with Gasteiger partial charge in [-0.1, -0.05) is 20.8 Å². The number of ether oxygens (including phenoxy) is 1. The van der Waals surface area contributed by atoms with Crippen LogP contribution in [0.1, 0.15) is 26.5 Å². The molecule has 1 heterocycles. The highest BCUT2D eigenvalue weighted by atomic mass is 35.5. The lowest BCUT2D eigenvalue weighted by atomic mass is 9.97. The molecule has 0 unspecified atom stereocenters.